The molecular formula is C6H10NS+. The molecule has 0 unspecified atom stereocenters. The van der Waals surface area contributed by atoms with Crippen molar-refractivity contribution in [3.05, 3.63) is 21.9 Å². The van der Waals surface area contributed by atoms with Gasteiger partial charge in [0.15, 0.2) is 0 Å². The second-order valence-corrected chi connectivity index (χ2v) is 2.84. The second kappa shape index (κ2) is 2.29. The Hall–Kier alpha value is -0.340. The Kier molecular flexibility index (Phi) is 1.65. The maximum absolute atomic E-state index is 3.78. The molecule has 1 aromatic rings. The Morgan fingerprint density at radius 1 is 1.75 bits per heavy atom. The van der Waals surface area contributed by atoms with Crippen LogP contribution in [0.25, 0.3) is 0 Å². The summed E-state index contributed by atoms with van der Waals surface area (Å²) in [7, 11) is 0. The maximum Gasteiger partial charge on any atom is 0.109 e. The lowest BCUT2D eigenvalue weighted by Crippen LogP contribution is -2.47. The lowest BCUT2D eigenvalue weighted by atomic mass is 10.3. The van der Waals surface area contributed by atoms with Gasteiger partial charge in [0.05, 0.1) is 4.88 Å². The topological polar surface area (TPSA) is 27.6 Å². The van der Waals surface area contributed by atoms with Gasteiger partial charge in [0, 0.05) is 0 Å². The largest absolute Gasteiger partial charge is 0.353 e. The molecule has 1 aromatic heterocycles. The summed E-state index contributed by atoms with van der Waals surface area (Å²) in [5.41, 5.74) is 5.13. The molecule has 1 rings (SSSR count). The predicted octanol–water partition coefficient (Wildman–Crippen LogP) is 0.798. The van der Waals surface area contributed by atoms with E-state index in [2.05, 4.69) is 24.1 Å². The fourth-order valence-electron chi connectivity index (χ4n) is 0.622. The minimum atomic E-state index is 0.929. The number of hydrogen-bond donors (Lipinski definition) is 1. The first-order chi connectivity index (χ1) is 3.83. The van der Waals surface area contributed by atoms with E-state index in [0.29, 0.717) is 0 Å². The van der Waals surface area contributed by atoms with Crippen LogP contribution >= 0.6 is 11.3 Å². The normalized spacial score (nSPS) is 9.75. The number of rotatable bonds is 1. The Morgan fingerprint density at radius 2 is 2.50 bits per heavy atom. The molecule has 1 heterocycles. The first-order valence-electron chi connectivity index (χ1n) is 2.66. The maximum atomic E-state index is 3.78. The van der Waals surface area contributed by atoms with Crippen molar-refractivity contribution in [3.8, 4) is 0 Å². The smallest absolute Gasteiger partial charge is 0.109 e. The number of aryl methyl sites for hydroxylation is 1. The van der Waals surface area contributed by atoms with Crippen LogP contribution in [0.5, 0.6) is 0 Å². The highest BCUT2D eigenvalue weighted by molar-refractivity contribution is 7.10. The highest BCUT2D eigenvalue weighted by atomic mass is 32.1. The van der Waals surface area contributed by atoms with Crippen LogP contribution in [0, 0.1) is 6.92 Å². The molecule has 0 aliphatic heterocycles. The van der Waals surface area contributed by atoms with Crippen LogP contribution in [0.3, 0.4) is 0 Å². The summed E-state index contributed by atoms with van der Waals surface area (Å²) >= 11 is 1.79. The van der Waals surface area contributed by atoms with Gasteiger partial charge in [-0.15, -0.1) is 11.3 Å². The summed E-state index contributed by atoms with van der Waals surface area (Å²) in [5, 5.41) is 2.15. The first-order valence-corrected chi connectivity index (χ1v) is 3.54. The van der Waals surface area contributed by atoms with Crippen LogP contribution in [-0.2, 0) is 6.54 Å². The van der Waals surface area contributed by atoms with E-state index in [1.165, 1.54) is 10.4 Å². The molecule has 0 saturated carbocycles. The highest BCUT2D eigenvalue weighted by Gasteiger charge is 1.91. The third-order valence-corrected chi connectivity index (χ3v) is 2.15. The van der Waals surface area contributed by atoms with Crippen molar-refractivity contribution in [3.63, 3.8) is 0 Å². The lowest BCUT2D eigenvalue weighted by Gasteiger charge is -1.77. The number of quaternary nitrogens is 1. The molecule has 44 valence electrons. The zero-order valence-electron chi connectivity index (χ0n) is 4.98. The van der Waals surface area contributed by atoms with Gasteiger partial charge >= 0.3 is 0 Å². The molecular weight excluding hydrogens is 118 g/mol. The zero-order valence-corrected chi connectivity index (χ0v) is 5.79. The van der Waals surface area contributed by atoms with Gasteiger partial charge in [0.25, 0.3) is 0 Å². The molecule has 0 aliphatic rings. The Labute approximate surface area is 53.1 Å². The zero-order chi connectivity index (χ0) is 5.98. The molecule has 0 aliphatic carbocycles. The van der Waals surface area contributed by atoms with E-state index in [1.807, 2.05) is 0 Å². The van der Waals surface area contributed by atoms with E-state index >= 15 is 0 Å². The minimum Gasteiger partial charge on any atom is -0.353 e. The summed E-state index contributed by atoms with van der Waals surface area (Å²) < 4.78 is 0. The van der Waals surface area contributed by atoms with Gasteiger partial charge in [-0.05, 0) is 23.9 Å². The molecule has 0 aromatic carbocycles. The van der Waals surface area contributed by atoms with Crippen LogP contribution in [0.2, 0.25) is 0 Å². The molecule has 0 saturated heterocycles. The fraction of sp³-hybridized carbons (Fsp3) is 0.333. The molecule has 0 fully saturated rings. The van der Waals surface area contributed by atoms with Crippen LogP contribution in [0.1, 0.15) is 10.4 Å². The third kappa shape index (κ3) is 1.08. The summed E-state index contributed by atoms with van der Waals surface area (Å²) in [6.45, 7) is 3.04. The predicted molar refractivity (Wildman–Crippen MR) is 35.6 cm³/mol. The number of hydrogen-bond acceptors (Lipinski definition) is 1. The number of thiophene rings is 1. The summed E-state index contributed by atoms with van der Waals surface area (Å²) in [6.07, 6.45) is 0. The Bertz CT molecular complexity index is 169. The monoisotopic (exact) mass is 128 g/mol. The molecule has 0 spiro atoms. The first kappa shape index (κ1) is 5.79. The summed E-state index contributed by atoms with van der Waals surface area (Å²) in [4.78, 5) is 1.38. The van der Waals surface area contributed by atoms with Gasteiger partial charge in [0.1, 0.15) is 6.54 Å². The Balaban J connectivity index is 2.84. The van der Waals surface area contributed by atoms with E-state index in [-0.39, 0.29) is 0 Å². The van der Waals surface area contributed by atoms with E-state index in [4.69, 9.17) is 0 Å². The Morgan fingerprint density at radius 3 is 2.75 bits per heavy atom. The van der Waals surface area contributed by atoms with E-state index in [1.54, 1.807) is 11.3 Å². The van der Waals surface area contributed by atoms with Gasteiger partial charge in [-0.3, -0.25) is 0 Å². The second-order valence-electron chi connectivity index (χ2n) is 1.84. The van der Waals surface area contributed by atoms with Crippen LogP contribution in [0.4, 0.5) is 0 Å². The van der Waals surface area contributed by atoms with E-state index in [9.17, 15) is 0 Å². The van der Waals surface area contributed by atoms with Crippen LogP contribution in [-0.4, -0.2) is 0 Å². The molecule has 8 heavy (non-hydrogen) atoms. The quantitative estimate of drug-likeness (QED) is 0.579. The van der Waals surface area contributed by atoms with Gasteiger partial charge in [0.2, 0.25) is 0 Å². The molecule has 0 amide bonds. The van der Waals surface area contributed by atoms with E-state index < -0.39 is 0 Å². The molecule has 0 bridgehead atoms. The average molecular weight is 128 g/mol. The average Bonchev–Trinajstić information content (AvgIpc) is 2.14. The van der Waals surface area contributed by atoms with Crippen molar-refractivity contribution in [1.29, 1.82) is 0 Å². The highest BCUT2D eigenvalue weighted by Crippen LogP contribution is 2.11. The SMILES string of the molecule is Cc1csc(C[NH3+])c1. The third-order valence-electron chi connectivity index (χ3n) is 1.03. The van der Waals surface area contributed by atoms with Crippen molar-refractivity contribution >= 4 is 11.3 Å². The van der Waals surface area contributed by atoms with Crippen LogP contribution < -0.4 is 5.73 Å². The molecule has 0 radical (unpaired) electrons. The summed E-state index contributed by atoms with van der Waals surface area (Å²) in [6, 6.07) is 2.18. The van der Waals surface area contributed by atoms with Crippen molar-refractivity contribution in [1.82, 2.24) is 0 Å². The molecule has 0 atom stereocenters. The molecule has 2 heteroatoms. The summed E-state index contributed by atoms with van der Waals surface area (Å²) in [5.74, 6) is 0. The van der Waals surface area contributed by atoms with Crippen molar-refractivity contribution < 1.29 is 5.73 Å². The van der Waals surface area contributed by atoms with Gasteiger partial charge in [-0.1, -0.05) is 0 Å². The molecule has 1 nitrogen and oxygen atoms in total. The van der Waals surface area contributed by atoms with E-state index in [0.717, 1.165) is 6.54 Å². The molecule has 3 N–H and O–H groups in total. The standard InChI is InChI=1S/C6H9NS/c1-5-2-6(3-7)8-4-5/h2,4H,3,7H2,1H3/p+1. The van der Waals surface area contributed by atoms with Crippen molar-refractivity contribution in [2.24, 2.45) is 0 Å². The van der Waals surface area contributed by atoms with Gasteiger partial charge < -0.3 is 5.73 Å². The van der Waals surface area contributed by atoms with Crippen molar-refractivity contribution in [2.45, 2.75) is 13.5 Å². The van der Waals surface area contributed by atoms with Crippen LogP contribution in [0.15, 0.2) is 11.4 Å². The fourth-order valence-corrected chi connectivity index (χ4v) is 1.40. The minimum absolute atomic E-state index is 0.929. The van der Waals surface area contributed by atoms with Gasteiger partial charge in [-0.2, -0.15) is 0 Å². The lowest BCUT2D eigenvalue weighted by molar-refractivity contribution is -0.385. The van der Waals surface area contributed by atoms with Gasteiger partial charge in [-0.25, -0.2) is 0 Å². The van der Waals surface area contributed by atoms with Crippen molar-refractivity contribution in [2.75, 3.05) is 0 Å².